The number of nitrogens with one attached hydrogen (secondary N) is 1. The minimum atomic E-state index is -0.532. The van der Waals surface area contributed by atoms with E-state index in [0.717, 1.165) is 24.2 Å². The van der Waals surface area contributed by atoms with Crippen LogP contribution in [-0.4, -0.2) is 37.0 Å². The SMILES string of the molecule is C=CCOC1=C(C)CCC2=C1C(O)CN[C@H]2COCc1ccccc1. The molecule has 1 aromatic carbocycles. The molecule has 1 unspecified atom stereocenters. The molecule has 0 fully saturated rings. The first kappa shape index (κ1) is 17.9. The molecule has 2 atom stereocenters. The number of allylic oxidation sites excluding steroid dienone is 1. The number of rotatable bonds is 7. The Balaban J connectivity index is 1.72. The second kappa shape index (κ2) is 8.48. The number of hydrogen-bond acceptors (Lipinski definition) is 4. The molecule has 0 amide bonds. The maximum absolute atomic E-state index is 10.5. The van der Waals surface area contributed by atoms with Gasteiger partial charge < -0.3 is 19.9 Å². The van der Waals surface area contributed by atoms with Gasteiger partial charge in [-0.2, -0.15) is 0 Å². The van der Waals surface area contributed by atoms with E-state index in [-0.39, 0.29) is 6.04 Å². The molecule has 0 bridgehead atoms. The van der Waals surface area contributed by atoms with Gasteiger partial charge in [0.05, 0.1) is 25.4 Å². The molecule has 4 heteroatoms. The highest BCUT2D eigenvalue weighted by Gasteiger charge is 2.34. The van der Waals surface area contributed by atoms with Gasteiger partial charge in [0.2, 0.25) is 0 Å². The molecule has 0 spiro atoms. The van der Waals surface area contributed by atoms with Gasteiger partial charge in [0.1, 0.15) is 12.4 Å². The summed E-state index contributed by atoms with van der Waals surface area (Å²) in [4.78, 5) is 0. The normalized spacial score (nSPS) is 23.4. The van der Waals surface area contributed by atoms with Gasteiger partial charge >= 0.3 is 0 Å². The first-order chi connectivity index (χ1) is 12.2. The third-order valence-corrected chi connectivity index (χ3v) is 4.80. The Labute approximate surface area is 149 Å². The molecule has 1 aliphatic carbocycles. The van der Waals surface area contributed by atoms with Gasteiger partial charge in [0, 0.05) is 12.1 Å². The molecule has 1 aliphatic heterocycles. The van der Waals surface area contributed by atoms with E-state index in [2.05, 4.69) is 31.0 Å². The van der Waals surface area contributed by atoms with E-state index >= 15 is 0 Å². The van der Waals surface area contributed by atoms with E-state index in [4.69, 9.17) is 9.47 Å². The maximum Gasteiger partial charge on any atom is 0.124 e. The van der Waals surface area contributed by atoms with E-state index in [1.54, 1.807) is 6.08 Å². The summed E-state index contributed by atoms with van der Waals surface area (Å²) in [6.45, 7) is 7.97. The number of aliphatic hydroxyl groups excluding tert-OH is 1. The van der Waals surface area contributed by atoms with Crippen LogP contribution in [0.5, 0.6) is 0 Å². The van der Waals surface area contributed by atoms with Crippen LogP contribution in [0.1, 0.15) is 25.3 Å². The lowest BCUT2D eigenvalue weighted by molar-refractivity contribution is 0.0921. The first-order valence-corrected chi connectivity index (χ1v) is 8.90. The Hall–Kier alpha value is -1.88. The molecule has 1 heterocycles. The lowest BCUT2D eigenvalue weighted by Crippen LogP contribution is -2.47. The van der Waals surface area contributed by atoms with Gasteiger partial charge in [0.25, 0.3) is 0 Å². The average Bonchev–Trinajstić information content (AvgIpc) is 2.63. The molecule has 1 aromatic rings. The molecule has 0 saturated carbocycles. The molecule has 0 saturated heterocycles. The quantitative estimate of drug-likeness (QED) is 0.748. The third-order valence-electron chi connectivity index (χ3n) is 4.80. The van der Waals surface area contributed by atoms with Crippen LogP contribution in [0.3, 0.4) is 0 Å². The summed E-state index contributed by atoms with van der Waals surface area (Å²) >= 11 is 0. The zero-order valence-electron chi connectivity index (χ0n) is 14.8. The van der Waals surface area contributed by atoms with Crippen molar-refractivity contribution in [1.82, 2.24) is 5.32 Å². The van der Waals surface area contributed by atoms with Crippen LogP contribution in [0, 0.1) is 0 Å². The second-order valence-corrected chi connectivity index (χ2v) is 6.63. The van der Waals surface area contributed by atoms with Crippen LogP contribution in [0.25, 0.3) is 0 Å². The van der Waals surface area contributed by atoms with Crippen LogP contribution in [0.15, 0.2) is 65.5 Å². The third kappa shape index (κ3) is 4.21. The standard InChI is InChI=1S/C21H27NO3/c1-3-11-25-21-15(2)9-10-17-18(22-12-19(23)20(17)21)14-24-13-16-7-5-4-6-8-16/h3-8,18-19,22-23H,1,9-14H2,2H3/t18-,19?/m0/s1. The molecule has 0 radical (unpaired) electrons. The topological polar surface area (TPSA) is 50.7 Å². The van der Waals surface area contributed by atoms with Gasteiger partial charge in [-0.25, -0.2) is 0 Å². The van der Waals surface area contributed by atoms with Crippen molar-refractivity contribution in [2.75, 3.05) is 19.8 Å². The van der Waals surface area contributed by atoms with Gasteiger partial charge in [-0.3, -0.25) is 0 Å². The van der Waals surface area contributed by atoms with E-state index in [9.17, 15) is 5.11 Å². The van der Waals surface area contributed by atoms with Crippen molar-refractivity contribution in [3.05, 3.63) is 71.0 Å². The Morgan fingerprint density at radius 2 is 2.08 bits per heavy atom. The predicted molar refractivity (Wildman–Crippen MR) is 99.0 cm³/mol. The molecule has 2 aliphatic rings. The summed E-state index contributed by atoms with van der Waals surface area (Å²) in [5.74, 6) is 0.850. The van der Waals surface area contributed by atoms with Crippen LogP contribution in [-0.2, 0) is 16.1 Å². The maximum atomic E-state index is 10.5. The average molecular weight is 341 g/mol. The largest absolute Gasteiger partial charge is 0.489 e. The lowest BCUT2D eigenvalue weighted by atomic mass is 9.82. The van der Waals surface area contributed by atoms with Crippen LogP contribution in [0.4, 0.5) is 0 Å². The first-order valence-electron chi connectivity index (χ1n) is 8.90. The van der Waals surface area contributed by atoms with E-state index in [0.29, 0.717) is 26.4 Å². The van der Waals surface area contributed by atoms with Crippen LogP contribution >= 0.6 is 0 Å². The predicted octanol–water partition coefficient (Wildman–Crippen LogP) is 3.10. The van der Waals surface area contributed by atoms with Crippen molar-refractivity contribution in [2.24, 2.45) is 0 Å². The van der Waals surface area contributed by atoms with Crippen molar-refractivity contribution in [2.45, 2.75) is 38.5 Å². The van der Waals surface area contributed by atoms with Crippen molar-refractivity contribution >= 4 is 0 Å². The summed E-state index contributed by atoms with van der Waals surface area (Å²) in [6.07, 6.45) is 3.10. The fourth-order valence-electron chi connectivity index (χ4n) is 3.52. The molecular weight excluding hydrogens is 314 g/mol. The van der Waals surface area contributed by atoms with Gasteiger partial charge in [0.15, 0.2) is 0 Å². The minimum absolute atomic E-state index is 0.123. The van der Waals surface area contributed by atoms with Gasteiger partial charge in [-0.1, -0.05) is 43.0 Å². The second-order valence-electron chi connectivity index (χ2n) is 6.63. The number of β-amino-alcohol motifs (C(OH)–C–C–N with tert-alkyl or cyclic N) is 1. The fraction of sp³-hybridized carbons (Fsp3) is 0.429. The Bertz CT molecular complexity index is 663. The zero-order valence-corrected chi connectivity index (χ0v) is 14.8. The van der Waals surface area contributed by atoms with Crippen LogP contribution < -0.4 is 5.32 Å². The monoisotopic (exact) mass is 341 g/mol. The van der Waals surface area contributed by atoms with Gasteiger partial charge in [-0.05, 0) is 36.5 Å². The highest BCUT2D eigenvalue weighted by Crippen LogP contribution is 2.36. The summed E-state index contributed by atoms with van der Waals surface area (Å²) in [5.41, 5.74) is 4.54. The fourth-order valence-corrected chi connectivity index (χ4v) is 3.52. The zero-order chi connectivity index (χ0) is 17.6. The summed E-state index contributed by atoms with van der Waals surface area (Å²) < 4.78 is 11.8. The van der Waals surface area contributed by atoms with Crippen molar-refractivity contribution in [3.63, 3.8) is 0 Å². The van der Waals surface area contributed by atoms with E-state index in [1.165, 1.54) is 16.7 Å². The smallest absolute Gasteiger partial charge is 0.124 e. The highest BCUT2D eigenvalue weighted by atomic mass is 16.5. The Kier molecular flexibility index (Phi) is 6.08. The van der Waals surface area contributed by atoms with Crippen LogP contribution in [0.2, 0.25) is 0 Å². The molecule has 0 aromatic heterocycles. The molecule has 3 rings (SSSR count). The molecule has 134 valence electrons. The molecular formula is C21H27NO3. The van der Waals surface area contributed by atoms with Gasteiger partial charge in [-0.15, -0.1) is 0 Å². The summed E-state index contributed by atoms with van der Waals surface area (Å²) in [5, 5.41) is 13.9. The van der Waals surface area contributed by atoms with Crippen molar-refractivity contribution in [3.8, 4) is 0 Å². The number of ether oxygens (including phenoxy) is 2. The highest BCUT2D eigenvalue weighted by molar-refractivity contribution is 5.45. The number of hydrogen-bond donors (Lipinski definition) is 2. The minimum Gasteiger partial charge on any atom is -0.489 e. The van der Waals surface area contributed by atoms with E-state index < -0.39 is 6.10 Å². The molecule has 4 nitrogen and oxygen atoms in total. The Morgan fingerprint density at radius 1 is 1.28 bits per heavy atom. The van der Waals surface area contributed by atoms with Crippen molar-refractivity contribution in [1.29, 1.82) is 0 Å². The summed E-state index contributed by atoms with van der Waals surface area (Å²) in [6, 6.07) is 10.3. The van der Waals surface area contributed by atoms with E-state index in [1.807, 2.05) is 18.2 Å². The Morgan fingerprint density at radius 3 is 2.84 bits per heavy atom. The molecule has 2 N–H and O–H groups in total. The summed E-state index contributed by atoms with van der Waals surface area (Å²) in [7, 11) is 0. The molecule has 25 heavy (non-hydrogen) atoms. The van der Waals surface area contributed by atoms with Crippen molar-refractivity contribution < 1.29 is 14.6 Å². The number of benzene rings is 1. The lowest BCUT2D eigenvalue weighted by Gasteiger charge is -2.37. The number of aliphatic hydroxyl groups is 1.